The molecule has 0 radical (unpaired) electrons. The molecule has 1 aromatic heterocycles. The second-order valence-electron chi connectivity index (χ2n) is 6.72. The van der Waals surface area contributed by atoms with Gasteiger partial charge in [0.25, 0.3) is 0 Å². The van der Waals surface area contributed by atoms with Crippen LogP contribution >= 0.6 is 0 Å². The standard InChI is InChI=1S/C20H21F2N3/c1-25-8-7-23-12-16(25)11-18-17-6-5-15(22)10-19(17)24-20(18)13-3-2-4-14(21)9-13/h2-6,9-10,16,23-24H,7-8,11-12H2,1H3. The number of nitrogens with one attached hydrogen (secondary N) is 2. The fourth-order valence-electron chi connectivity index (χ4n) is 3.66. The quantitative estimate of drug-likeness (QED) is 0.763. The number of fused-ring (bicyclic) bond motifs is 1. The predicted molar refractivity (Wildman–Crippen MR) is 96.6 cm³/mol. The van der Waals surface area contributed by atoms with E-state index in [-0.39, 0.29) is 11.6 Å². The number of H-pyrrole nitrogens is 1. The highest BCUT2D eigenvalue weighted by Gasteiger charge is 2.23. The molecule has 0 aliphatic carbocycles. The molecule has 2 heterocycles. The number of aromatic nitrogens is 1. The third-order valence-corrected chi connectivity index (χ3v) is 5.07. The third-order valence-electron chi connectivity index (χ3n) is 5.07. The van der Waals surface area contributed by atoms with E-state index >= 15 is 0 Å². The molecule has 3 aromatic rings. The summed E-state index contributed by atoms with van der Waals surface area (Å²) in [6.07, 6.45) is 0.820. The lowest BCUT2D eigenvalue weighted by Gasteiger charge is -2.33. The first-order chi connectivity index (χ1) is 12.1. The Morgan fingerprint density at radius 3 is 2.76 bits per heavy atom. The molecule has 2 aromatic carbocycles. The molecule has 3 nitrogen and oxygen atoms in total. The SMILES string of the molecule is CN1CCNCC1Cc1c(-c2cccc(F)c2)[nH]c2cc(F)ccc12. The van der Waals surface area contributed by atoms with E-state index in [1.807, 2.05) is 12.1 Å². The topological polar surface area (TPSA) is 31.1 Å². The third kappa shape index (κ3) is 3.17. The number of benzene rings is 2. The van der Waals surface area contributed by atoms with Crippen molar-refractivity contribution in [3.8, 4) is 11.3 Å². The van der Waals surface area contributed by atoms with Crippen molar-refractivity contribution in [3.05, 3.63) is 59.7 Å². The zero-order valence-corrected chi connectivity index (χ0v) is 14.2. The summed E-state index contributed by atoms with van der Waals surface area (Å²) in [4.78, 5) is 5.65. The normalized spacial score (nSPS) is 18.8. The minimum atomic E-state index is -0.275. The average molecular weight is 341 g/mol. The van der Waals surface area contributed by atoms with Crippen molar-refractivity contribution in [2.45, 2.75) is 12.5 Å². The maximum atomic E-state index is 13.7. The maximum Gasteiger partial charge on any atom is 0.125 e. The molecule has 1 saturated heterocycles. The summed E-state index contributed by atoms with van der Waals surface area (Å²) in [5.41, 5.74) is 3.53. The van der Waals surface area contributed by atoms with E-state index in [1.54, 1.807) is 6.07 Å². The highest BCUT2D eigenvalue weighted by molar-refractivity contribution is 5.91. The van der Waals surface area contributed by atoms with Crippen molar-refractivity contribution in [2.75, 3.05) is 26.7 Å². The Labute approximate surface area is 145 Å². The molecule has 25 heavy (non-hydrogen) atoms. The Morgan fingerprint density at radius 1 is 1.12 bits per heavy atom. The molecule has 1 unspecified atom stereocenters. The summed E-state index contributed by atoms with van der Waals surface area (Å²) >= 11 is 0. The van der Waals surface area contributed by atoms with Crippen LogP contribution in [0, 0.1) is 11.6 Å². The van der Waals surface area contributed by atoms with Crippen LogP contribution in [0.2, 0.25) is 0 Å². The van der Waals surface area contributed by atoms with Crippen molar-refractivity contribution in [1.29, 1.82) is 0 Å². The van der Waals surface area contributed by atoms with Crippen LogP contribution in [-0.4, -0.2) is 42.6 Å². The van der Waals surface area contributed by atoms with Gasteiger partial charge in [-0.3, -0.25) is 0 Å². The molecule has 130 valence electrons. The summed E-state index contributed by atoms with van der Waals surface area (Å²) < 4.78 is 27.4. The zero-order valence-electron chi connectivity index (χ0n) is 14.2. The number of likely N-dealkylation sites (N-methyl/N-ethyl adjacent to an activating group) is 1. The van der Waals surface area contributed by atoms with Crippen LogP contribution in [0.1, 0.15) is 5.56 Å². The Morgan fingerprint density at radius 2 is 1.96 bits per heavy atom. The van der Waals surface area contributed by atoms with Gasteiger partial charge in [-0.05, 0) is 49.4 Å². The minimum Gasteiger partial charge on any atom is -0.354 e. The Kier molecular flexibility index (Phi) is 4.27. The monoisotopic (exact) mass is 341 g/mol. The predicted octanol–water partition coefficient (Wildman–Crippen LogP) is 3.56. The molecular weight excluding hydrogens is 320 g/mol. The number of halogens is 2. The van der Waals surface area contributed by atoms with E-state index in [2.05, 4.69) is 22.2 Å². The largest absolute Gasteiger partial charge is 0.354 e. The van der Waals surface area contributed by atoms with Crippen LogP contribution in [0.4, 0.5) is 8.78 Å². The smallest absolute Gasteiger partial charge is 0.125 e. The number of hydrogen-bond donors (Lipinski definition) is 2. The van der Waals surface area contributed by atoms with E-state index in [9.17, 15) is 8.78 Å². The molecule has 0 saturated carbocycles. The molecule has 0 bridgehead atoms. The second kappa shape index (κ2) is 6.58. The number of rotatable bonds is 3. The van der Waals surface area contributed by atoms with Gasteiger partial charge in [-0.15, -0.1) is 0 Å². The van der Waals surface area contributed by atoms with Gasteiger partial charge in [0, 0.05) is 47.8 Å². The number of piperazine rings is 1. The molecule has 0 spiro atoms. The van der Waals surface area contributed by atoms with Crippen molar-refractivity contribution in [2.24, 2.45) is 0 Å². The van der Waals surface area contributed by atoms with Gasteiger partial charge in [0.2, 0.25) is 0 Å². The van der Waals surface area contributed by atoms with Crippen molar-refractivity contribution in [3.63, 3.8) is 0 Å². The molecule has 1 fully saturated rings. The first-order valence-corrected chi connectivity index (χ1v) is 8.59. The highest BCUT2D eigenvalue weighted by atomic mass is 19.1. The summed E-state index contributed by atoms with van der Waals surface area (Å²) in [5.74, 6) is -0.549. The number of nitrogens with zero attached hydrogens (tertiary/aromatic N) is 1. The Bertz CT molecular complexity index is 903. The number of hydrogen-bond acceptors (Lipinski definition) is 2. The van der Waals surface area contributed by atoms with Crippen molar-refractivity contribution < 1.29 is 8.78 Å². The summed E-state index contributed by atoms with van der Waals surface area (Å²) in [6, 6.07) is 11.7. The average Bonchev–Trinajstić information content (AvgIpc) is 2.94. The van der Waals surface area contributed by atoms with Gasteiger partial charge in [-0.1, -0.05) is 12.1 Å². The van der Waals surface area contributed by atoms with Crippen molar-refractivity contribution >= 4 is 10.9 Å². The molecule has 1 aliphatic heterocycles. The first-order valence-electron chi connectivity index (χ1n) is 8.59. The Balaban J connectivity index is 1.83. The van der Waals surface area contributed by atoms with Gasteiger partial charge in [0.1, 0.15) is 11.6 Å². The summed E-state index contributed by atoms with van der Waals surface area (Å²) in [5, 5.41) is 4.43. The lowest BCUT2D eigenvalue weighted by molar-refractivity contribution is 0.199. The first kappa shape index (κ1) is 16.2. The van der Waals surface area contributed by atoms with Gasteiger partial charge >= 0.3 is 0 Å². The highest BCUT2D eigenvalue weighted by Crippen LogP contribution is 2.32. The van der Waals surface area contributed by atoms with E-state index in [1.165, 1.54) is 24.3 Å². The van der Waals surface area contributed by atoms with E-state index in [0.717, 1.165) is 53.8 Å². The van der Waals surface area contributed by atoms with E-state index < -0.39 is 0 Å². The fraction of sp³-hybridized carbons (Fsp3) is 0.300. The van der Waals surface area contributed by atoms with Crippen LogP contribution in [-0.2, 0) is 6.42 Å². The van der Waals surface area contributed by atoms with Crippen LogP contribution in [0.15, 0.2) is 42.5 Å². The molecule has 2 N–H and O–H groups in total. The zero-order chi connectivity index (χ0) is 17.4. The van der Waals surface area contributed by atoms with Crippen LogP contribution < -0.4 is 5.32 Å². The van der Waals surface area contributed by atoms with E-state index in [0.29, 0.717) is 6.04 Å². The lowest BCUT2D eigenvalue weighted by atomic mass is 9.97. The van der Waals surface area contributed by atoms with Crippen molar-refractivity contribution in [1.82, 2.24) is 15.2 Å². The fourth-order valence-corrected chi connectivity index (χ4v) is 3.66. The molecule has 4 rings (SSSR count). The maximum absolute atomic E-state index is 13.7. The minimum absolute atomic E-state index is 0.273. The van der Waals surface area contributed by atoms with Gasteiger partial charge < -0.3 is 15.2 Å². The molecule has 0 amide bonds. The molecule has 1 aliphatic rings. The Hall–Kier alpha value is -2.24. The van der Waals surface area contributed by atoms with Gasteiger partial charge in [0.15, 0.2) is 0 Å². The molecular formula is C20H21F2N3. The van der Waals surface area contributed by atoms with Crippen LogP contribution in [0.25, 0.3) is 22.2 Å². The van der Waals surface area contributed by atoms with Gasteiger partial charge in [0.05, 0.1) is 0 Å². The van der Waals surface area contributed by atoms with Gasteiger partial charge in [-0.25, -0.2) is 8.78 Å². The summed E-state index contributed by atoms with van der Waals surface area (Å²) in [6.45, 7) is 2.90. The second-order valence-corrected chi connectivity index (χ2v) is 6.72. The van der Waals surface area contributed by atoms with E-state index in [4.69, 9.17) is 0 Å². The molecule has 5 heteroatoms. The van der Waals surface area contributed by atoms with Gasteiger partial charge in [-0.2, -0.15) is 0 Å². The summed E-state index contributed by atoms with van der Waals surface area (Å²) in [7, 11) is 2.13. The lowest BCUT2D eigenvalue weighted by Crippen LogP contribution is -2.50. The van der Waals surface area contributed by atoms with Crippen LogP contribution in [0.5, 0.6) is 0 Å². The van der Waals surface area contributed by atoms with Crippen LogP contribution in [0.3, 0.4) is 0 Å². The molecule has 1 atom stereocenters. The number of aromatic amines is 1.